The molecular weight excluding hydrogens is 188 g/mol. The quantitative estimate of drug-likeness (QED) is 0.697. The Bertz CT molecular complexity index is 286. The molecule has 0 radical (unpaired) electrons. The summed E-state index contributed by atoms with van der Waals surface area (Å²) in [5, 5.41) is 21.3. The number of rotatable bonds is 1. The molecule has 0 aromatic carbocycles. The van der Waals surface area contributed by atoms with Crippen LogP contribution in [0.1, 0.15) is 58.3 Å². The van der Waals surface area contributed by atoms with Crippen LogP contribution < -0.4 is 0 Å². The van der Waals surface area contributed by atoms with Gasteiger partial charge in [0.1, 0.15) is 0 Å². The van der Waals surface area contributed by atoms with Crippen LogP contribution in [-0.4, -0.2) is 21.4 Å². The highest BCUT2D eigenvalue weighted by Crippen LogP contribution is 2.64. The van der Waals surface area contributed by atoms with Crippen LogP contribution in [0.4, 0.5) is 0 Å². The fourth-order valence-electron chi connectivity index (χ4n) is 4.81. The summed E-state index contributed by atoms with van der Waals surface area (Å²) in [5.74, 6) is 0.374. The fraction of sp³-hybridized carbons (Fsp3) is 1.00. The van der Waals surface area contributed by atoms with Crippen molar-refractivity contribution in [2.24, 2.45) is 11.3 Å². The van der Waals surface area contributed by atoms with Gasteiger partial charge in [0.05, 0.1) is 11.2 Å². The molecule has 0 heterocycles. The van der Waals surface area contributed by atoms with E-state index in [0.29, 0.717) is 5.92 Å². The first-order valence-corrected chi connectivity index (χ1v) is 6.44. The van der Waals surface area contributed by atoms with E-state index in [1.165, 1.54) is 0 Å². The SMILES string of the molecule is CCC12CC3CC(O)(CCCC3(O)C1)C2. The van der Waals surface area contributed by atoms with E-state index in [1.807, 2.05) is 0 Å². The van der Waals surface area contributed by atoms with E-state index in [9.17, 15) is 10.2 Å². The van der Waals surface area contributed by atoms with Crippen LogP contribution in [0, 0.1) is 11.3 Å². The first-order valence-electron chi connectivity index (χ1n) is 6.44. The zero-order valence-electron chi connectivity index (χ0n) is 9.63. The molecule has 0 amide bonds. The summed E-state index contributed by atoms with van der Waals surface area (Å²) in [4.78, 5) is 0. The van der Waals surface area contributed by atoms with Gasteiger partial charge < -0.3 is 10.2 Å². The normalized spacial score (nSPS) is 58.2. The van der Waals surface area contributed by atoms with Gasteiger partial charge in [0.2, 0.25) is 0 Å². The summed E-state index contributed by atoms with van der Waals surface area (Å²) in [6.45, 7) is 2.22. The molecule has 3 rings (SSSR count). The van der Waals surface area contributed by atoms with Crippen molar-refractivity contribution >= 4 is 0 Å². The average Bonchev–Trinajstić information content (AvgIpc) is 2.29. The molecule has 0 aliphatic heterocycles. The largest absolute Gasteiger partial charge is 0.390 e. The lowest BCUT2D eigenvalue weighted by molar-refractivity contribution is -0.0567. The number of hydrogen-bond donors (Lipinski definition) is 2. The van der Waals surface area contributed by atoms with Crippen LogP contribution in [0.2, 0.25) is 0 Å². The Balaban J connectivity index is 2.02. The van der Waals surface area contributed by atoms with Crippen molar-refractivity contribution in [3.05, 3.63) is 0 Å². The Morgan fingerprint density at radius 1 is 1.13 bits per heavy atom. The van der Waals surface area contributed by atoms with Gasteiger partial charge in [-0.3, -0.25) is 0 Å². The molecule has 2 heteroatoms. The van der Waals surface area contributed by atoms with E-state index in [0.717, 1.165) is 51.4 Å². The molecule has 4 atom stereocenters. The zero-order chi connectivity index (χ0) is 10.7. The minimum Gasteiger partial charge on any atom is -0.390 e. The minimum atomic E-state index is -0.445. The van der Waals surface area contributed by atoms with Crippen LogP contribution >= 0.6 is 0 Å². The molecule has 3 bridgehead atoms. The highest BCUT2D eigenvalue weighted by atomic mass is 16.3. The summed E-state index contributed by atoms with van der Waals surface area (Å²) in [7, 11) is 0. The van der Waals surface area contributed by atoms with Crippen molar-refractivity contribution < 1.29 is 10.2 Å². The molecule has 15 heavy (non-hydrogen) atoms. The standard InChI is InChI=1S/C13H22O2/c1-2-11-6-10-7-12(14,8-11)4-3-5-13(10,15)9-11/h10,14-15H,2-9H2,1H3. The van der Waals surface area contributed by atoms with Crippen LogP contribution in [0.25, 0.3) is 0 Å². The molecule has 86 valence electrons. The Morgan fingerprint density at radius 2 is 1.93 bits per heavy atom. The van der Waals surface area contributed by atoms with Crippen LogP contribution in [0.5, 0.6) is 0 Å². The second-order valence-corrected chi connectivity index (χ2v) is 6.49. The smallest absolute Gasteiger partial charge is 0.0682 e. The second kappa shape index (κ2) is 2.78. The molecule has 3 fully saturated rings. The van der Waals surface area contributed by atoms with E-state index < -0.39 is 11.2 Å². The van der Waals surface area contributed by atoms with Crippen LogP contribution in [0.15, 0.2) is 0 Å². The number of fused-ring (bicyclic) bond motifs is 2. The molecule has 0 aromatic heterocycles. The summed E-state index contributed by atoms with van der Waals surface area (Å²) >= 11 is 0. The summed E-state index contributed by atoms with van der Waals surface area (Å²) in [6, 6.07) is 0. The van der Waals surface area contributed by atoms with E-state index in [-0.39, 0.29) is 5.41 Å². The molecule has 2 N–H and O–H groups in total. The molecule has 3 aliphatic carbocycles. The van der Waals surface area contributed by atoms with E-state index >= 15 is 0 Å². The third-order valence-electron chi connectivity index (χ3n) is 5.45. The monoisotopic (exact) mass is 210 g/mol. The maximum Gasteiger partial charge on any atom is 0.0682 e. The molecule has 0 aromatic rings. The van der Waals surface area contributed by atoms with Crippen molar-refractivity contribution in [1.29, 1.82) is 0 Å². The first kappa shape index (κ1) is 10.1. The lowest BCUT2D eigenvalue weighted by Gasteiger charge is -2.42. The summed E-state index contributed by atoms with van der Waals surface area (Å²) in [5.41, 5.74) is -0.621. The lowest BCUT2D eigenvalue weighted by atomic mass is 9.66. The number of aliphatic hydroxyl groups is 2. The first-order chi connectivity index (χ1) is 6.99. The molecule has 3 aliphatic rings. The average molecular weight is 210 g/mol. The van der Waals surface area contributed by atoms with Crippen LogP contribution in [-0.2, 0) is 0 Å². The topological polar surface area (TPSA) is 40.5 Å². The Hall–Kier alpha value is -0.0800. The molecule has 2 nitrogen and oxygen atoms in total. The molecule has 4 unspecified atom stereocenters. The highest BCUT2D eigenvalue weighted by molar-refractivity contribution is 5.13. The third-order valence-corrected chi connectivity index (χ3v) is 5.45. The molecule has 0 saturated heterocycles. The predicted molar refractivity (Wildman–Crippen MR) is 58.4 cm³/mol. The minimum absolute atomic E-state index is 0.257. The van der Waals surface area contributed by atoms with E-state index in [2.05, 4.69) is 6.92 Å². The molecule has 3 saturated carbocycles. The summed E-state index contributed by atoms with van der Waals surface area (Å²) in [6.07, 6.45) is 7.85. The van der Waals surface area contributed by atoms with Gasteiger partial charge >= 0.3 is 0 Å². The van der Waals surface area contributed by atoms with Gasteiger partial charge in [-0.2, -0.15) is 0 Å². The van der Waals surface area contributed by atoms with Gasteiger partial charge in [0, 0.05) is 0 Å². The van der Waals surface area contributed by atoms with E-state index in [4.69, 9.17) is 0 Å². The number of hydrogen-bond acceptors (Lipinski definition) is 2. The maximum absolute atomic E-state index is 10.7. The van der Waals surface area contributed by atoms with Gasteiger partial charge in [0.25, 0.3) is 0 Å². The van der Waals surface area contributed by atoms with Crippen molar-refractivity contribution in [1.82, 2.24) is 0 Å². The highest BCUT2D eigenvalue weighted by Gasteiger charge is 2.61. The van der Waals surface area contributed by atoms with Gasteiger partial charge in [-0.05, 0) is 56.3 Å². The van der Waals surface area contributed by atoms with Crippen molar-refractivity contribution in [2.45, 2.75) is 69.5 Å². The van der Waals surface area contributed by atoms with Gasteiger partial charge in [-0.1, -0.05) is 13.3 Å². The fourth-order valence-corrected chi connectivity index (χ4v) is 4.81. The Morgan fingerprint density at radius 3 is 2.67 bits per heavy atom. The Labute approximate surface area is 91.7 Å². The molecule has 0 spiro atoms. The van der Waals surface area contributed by atoms with Gasteiger partial charge in [0.15, 0.2) is 0 Å². The maximum atomic E-state index is 10.7. The van der Waals surface area contributed by atoms with Gasteiger partial charge in [-0.15, -0.1) is 0 Å². The van der Waals surface area contributed by atoms with Crippen molar-refractivity contribution in [3.8, 4) is 0 Å². The lowest BCUT2D eigenvalue weighted by Crippen LogP contribution is -2.40. The second-order valence-electron chi connectivity index (χ2n) is 6.49. The van der Waals surface area contributed by atoms with Crippen molar-refractivity contribution in [2.75, 3.05) is 0 Å². The van der Waals surface area contributed by atoms with Crippen molar-refractivity contribution in [3.63, 3.8) is 0 Å². The van der Waals surface area contributed by atoms with Gasteiger partial charge in [-0.25, -0.2) is 0 Å². The van der Waals surface area contributed by atoms with Crippen LogP contribution in [0.3, 0.4) is 0 Å². The van der Waals surface area contributed by atoms with E-state index in [1.54, 1.807) is 0 Å². The Kier molecular flexibility index (Phi) is 1.87. The molecular formula is C13H22O2. The zero-order valence-corrected chi connectivity index (χ0v) is 9.63. The summed E-state index contributed by atoms with van der Waals surface area (Å²) < 4.78 is 0. The predicted octanol–water partition coefficient (Wildman–Crippen LogP) is 2.23. The third kappa shape index (κ3) is 1.31.